The van der Waals surface area contributed by atoms with Crippen LogP contribution in [0.2, 0.25) is 0 Å². The molecular weight excluding hydrogens is 486 g/mol. The lowest BCUT2D eigenvalue weighted by Gasteiger charge is -2.12. The monoisotopic (exact) mass is 513 g/mol. The molecule has 0 unspecified atom stereocenters. The summed E-state index contributed by atoms with van der Waals surface area (Å²) in [6.07, 6.45) is 3.08. The van der Waals surface area contributed by atoms with Gasteiger partial charge in [-0.3, -0.25) is 4.79 Å². The van der Waals surface area contributed by atoms with Crippen LogP contribution >= 0.6 is 11.3 Å². The number of methoxy groups -OCH3 is 2. The molecule has 0 aliphatic carbocycles. The normalized spacial score (nSPS) is 10.8. The van der Waals surface area contributed by atoms with Gasteiger partial charge in [0, 0.05) is 11.0 Å². The van der Waals surface area contributed by atoms with E-state index in [1.54, 1.807) is 25.3 Å². The van der Waals surface area contributed by atoms with E-state index in [4.69, 9.17) is 14.2 Å². The van der Waals surface area contributed by atoms with Crippen LogP contribution in [-0.4, -0.2) is 26.1 Å². The number of hydrogen-bond donors (Lipinski definition) is 1. The molecule has 4 rings (SSSR count). The van der Waals surface area contributed by atoms with Crippen LogP contribution in [0.25, 0.3) is 16.5 Å². The van der Waals surface area contributed by atoms with Gasteiger partial charge in [-0.25, -0.2) is 4.79 Å². The number of esters is 1. The van der Waals surface area contributed by atoms with E-state index < -0.39 is 5.97 Å². The van der Waals surface area contributed by atoms with Crippen LogP contribution in [0.5, 0.6) is 11.5 Å². The Morgan fingerprint density at radius 2 is 1.68 bits per heavy atom. The first kappa shape index (κ1) is 25.7. The van der Waals surface area contributed by atoms with Crippen molar-refractivity contribution in [3.05, 3.63) is 107 Å². The number of carbonyl (C=O) groups is 2. The molecule has 1 heterocycles. The predicted molar refractivity (Wildman–Crippen MR) is 147 cm³/mol. The SMILES string of the molecule is COC(=O)c1cc(-c2ccccc2)sc1NC(=O)/C=C/c1ccc(OCc2ccccc2C)c(OC)c1. The third kappa shape index (κ3) is 6.45. The molecule has 1 aromatic heterocycles. The molecule has 0 spiro atoms. The number of nitrogens with one attached hydrogen (secondary N) is 1. The number of aryl methyl sites for hydroxylation is 1. The van der Waals surface area contributed by atoms with Gasteiger partial charge in [-0.15, -0.1) is 11.3 Å². The summed E-state index contributed by atoms with van der Waals surface area (Å²) < 4.78 is 16.4. The van der Waals surface area contributed by atoms with Gasteiger partial charge >= 0.3 is 5.97 Å². The van der Waals surface area contributed by atoms with E-state index in [1.807, 2.05) is 73.7 Å². The van der Waals surface area contributed by atoms with Crippen molar-refractivity contribution in [2.24, 2.45) is 0 Å². The fourth-order valence-corrected chi connectivity index (χ4v) is 4.70. The van der Waals surface area contributed by atoms with Gasteiger partial charge in [0.15, 0.2) is 11.5 Å². The van der Waals surface area contributed by atoms with Crippen molar-refractivity contribution >= 4 is 34.3 Å². The summed E-state index contributed by atoms with van der Waals surface area (Å²) >= 11 is 1.32. The standard InChI is InChI=1S/C30H27NO5S/c1-20-9-7-8-12-23(20)19-36-25-15-13-21(17-26(25)34-2)14-16-28(32)31-29-24(30(33)35-3)18-27(37-29)22-10-5-4-6-11-22/h4-18H,19H2,1-3H3,(H,31,32)/b16-14+. The number of amides is 1. The Balaban J connectivity index is 1.46. The molecule has 1 amide bonds. The van der Waals surface area contributed by atoms with Crippen molar-refractivity contribution in [3.8, 4) is 21.9 Å². The molecule has 0 radical (unpaired) electrons. The molecule has 0 aliphatic rings. The number of rotatable bonds is 9. The first-order valence-electron chi connectivity index (χ1n) is 11.6. The Kier molecular flexibility index (Phi) is 8.38. The van der Waals surface area contributed by atoms with Gasteiger partial charge in [-0.1, -0.05) is 60.7 Å². The van der Waals surface area contributed by atoms with E-state index in [-0.39, 0.29) is 5.91 Å². The Labute approximate surface area is 220 Å². The highest BCUT2D eigenvalue weighted by molar-refractivity contribution is 7.20. The van der Waals surface area contributed by atoms with Crippen molar-refractivity contribution in [1.82, 2.24) is 0 Å². The third-order valence-electron chi connectivity index (χ3n) is 5.69. The van der Waals surface area contributed by atoms with Crippen LogP contribution in [0.15, 0.2) is 84.9 Å². The maximum Gasteiger partial charge on any atom is 0.340 e. The van der Waals surface area contributed by atoms with Gasteiger partial charge in [-0.05, 0) is 53.5 Å². The van der Waals surface area contributed by atoms with Crippen LogP contribution in [-0.2, 0) is 16.1 Å². The van der Waals surface area contributed by atoms with Crippen LogP contribution in [0.1, 0.15) is 27.0 Å². The molecule has 37 heavy (non-hydrogen) atoms. The number of carbonyl (C=O) groups excluding carboxylic acids is 2. The Hall–Kier alpha value is -4.36. The lowest BCUT2D eigenvalue weighted by atomic mass is 10.1. The largest absolute Gasteiger partial charge is 0.493 e. The summed E-state index contributed by atoms with van der Waals surface area (Å²) in [7, 11) is 2.89. The van der Waals surface area contributed by atoms with Crippen LogP contribution in [0.4, 0.5) is 5.00 Å². The molecule has 0 aliphatic heterocycles. The zero-order valence-electron chi connectivity index (χ0n) is 20.8. The summed E-state index contributed by atoms with van der Waals surface area (Å²) in [5.41, 5.74) is 4.28. The van der Waals surface area contributed by atoms with E-state index in [0.717, 1.165) is 27.1 Å². The first-order chi connectivity index (χ1) is 18.0. The molecule has 7 heteroatoms. The molecule has 0 saturated carbocycles. The van der Waals surface area contributed by atoms with Gasteiger partial charge < -0.3 is 19.5 Å². The zero-order valence-corrected chi connectivity index (χ0v) is 21.6. The maximum absolute atomic E-state index is 12.7. The fraction of sp³-hybridized carbons (Fsp3) is 0.133. The summed E-state index contributed by atoms with van der Waals surface area (Å²) in [6, 6.07) is 24.9. The lowest BCUT2D eigenvalue weighted by Crippen LogP contribution is -2.10. The van der Waals surface area contributed by atoms with Crippen molar-refractivity contribution in [1.29, 1.82) is 0 Å². The summed E-state index contributed by atoms with van der Waals surface area (Å²) in [6.45, 7) is 2.47. The molecular formula is C30H27NO5S. The second-order valence-corrected chi connectivity index (χ2v) is 9.21. The second kappa shape index (κ2) is 12.1. The second-order valence-electron chi connectivity index (χ2n) is 8.16. The maximum atomic E-state index is 12.7. The van der Waals surface area contributed by atoms with Gasteiger partial charge in [0.05, 0.1) is 19.8 Å². The predicted octanol–water partition coefficient (Wildman–Crippen LogP) is 6.75. The average Bonchev–Trinajstić information content (AvgIpc) is 3.35. The fourth-order valence-electron chi connectivity index (χ4n) is 3.65. The quantitative estimate of drug-likeness (QED) is 0.198. The van der Waals surface area contributed by atoms with Gasteiger partial charge in [0.2, 0.25) is 5.91 Å². The summed E-state index contributed by atoms with van der Waals surface area (Å²) in [5.74, 6) is 0.297. The molecule has 0 fully saturated rings. The average molecular weight is 514 g/mol. The highest BCUT2D eigenvalue weighted by atomic mass is 32.1. The minimum atomic E-state index is -0.510. The first-order valence-corrected chi connectivity index (χ1v) is 12.4. The molecule has 0 bridgehead atoms. The van der Waals surface area contributed by atoms with Crippen molar-refractivity contribution < 1.29 is 23.8 Å². The minimum absolute atomic E-state index is 0.310. The third-order valence-corrected chi connectivity index (χ3v) is 6.79. The Bertz CT molecular complexity index is 1430. The van der Waals surface area contributed by atoms with Crippen LogP contribution in [0, 0.1) is 6.92 Å². The van der Waals surface area contributed by atoms with E-state index in [0.29, 0.717) is 28.7 Å². The highest BCUT2D eigenvalue weighted by Gasteiger charge is 2.18. The molecule has 188 valence electrons. The zero-order chi connectivity index (χ0) is 26.2. The summed E-state index contributed by atoms with van der Waals surface area (Å²) in [5, 5.41) is 3.23. The smallest absolute Gasteiger partial charge is 0.340 e. The Morgan fingerprint density at radius 1 is 0.919 bits per heavy atom. The van der Waals surface area contributed by atoms with E-state index in [1.165, 1.54) is 24.5 Å². The summed E-state index contributed by atoms with van der Waals surface area (Å²) in [4.78, 5) is 25.9. The van der Waals surface area contributed by atoms with Crippen LogP contribution in [0.3, 0.4) is 0 Å². The Morgan fingerprint density at radius 3 is 2.41 bits per heavy atom. The van der Waals surface area contributed by atoms with Gasteiger partial charge in [-0.2, -0.15) is 0 Å². The van der Waals surface area contributed by atoms with Gasteiger partial charge in [0.1, 0.15) is 11.6 Å². The van der Waals surface area contributed by atoms with Crippen molar-refractivity contribution in [2.75, 3.05) is 19.5 Å². The topological polar surface area (TPSA) is 73.9 Å². The number of ether oxygens (including phenoxy) is 3. The molecule has 3 aromatic carbocycles. The van der Waals surface area contributed by atoms with Crippen LogP contribution < -0.4 is 14.8 Å². The van der Waals surface area contributed by atoms with Crippen molar-refractivity contribution in [3.63, 3.8) is 0 Å². The number of thiophene rings is 1. The number of hydrogen-bond acceptors (Lipinski definition) is 6. The van der Waals surface area contributed by atoms with E-state index in [2.05, 4.69) is 5.32 Å². The number of anilines is 1. The van der Waals surface area contributed by atoms with Crippen molar-refractivity contribution in [2.45, 2.75) is 13.5 Å². The van der Waals surface area contributed by atoms with Gasteiger partial charge in [0.25, 0.3) is 0 Å². The molecule has 6 nitrogen and oxygen atoms in total. The molecule has 0 atom stereocenters. The lowest BCUT2D eigenvalue weighted by molar-refractivity contribution is -0.111. The number of benzene rings is 3. The molecule has 4 aromatic rings. The molecule has 0 saturated heterocycles. The minimum Gasteiger partial charge on any atom is -0.493 e. The molecule has 1 N–H and O–H groups in total. The highest BCUT2D eigenvalue weighted by Crippen LogP contribution is 2.36. The van der Waals surface area contributed by atoms with E-state index >= 15 is 0 Å². The van der Waals surface area contributed by atoms with E-state index in [9.17, 15) is 9.59 Å².